The van der Waals surface area contributed by atoms with Gasteiger partial charge in [0, 0.05) is 31.0 Å². The zero-order valence-electron chi connectivity index (χ0n) is 11.1. The summed E-state index contributed by atoms with van der Waals surface area (Å²) in [5.41, 5.74) is 10.4. The van der Waals surface area contributed by atoms with Crippen LogP contribution in [0.25, 0.3) is 0 Å². The van der Waals surface area contributed by atoms with Gasteiger partial charge in [-0.05, 0) is 31.5 Å². The number of nitrogens with two attached hydrogens (primary N) is 1. The van der Waals surface area contributed by atoms with Crippen LogP contribution in [0.3, 0.4) is 0 Å². The molecule has 1 unspecified atom stereocenters. The number of nitrogens with zero attached hydrogens (tertiary/aromatic N) is 2. The maximum Gasteiger partial charge on any atom is 0.0669 e. The Morgan fingerprint density at radius 3 is 2.72 bits per heavy atom. The van der Waals surface area contributed by atoms with Crippen molar-refractivity contribution < 1.29 is 0 Å². The van der Waals surface area contributed by atoms with Crippen molar-refractivity contribution in [1.82, 2.24) is 9.78 Å². The molecule has 0 fully saturated rings. The maximum atomic E-state index is 5.87. The second kappa shape index (κ2) is 5.23. The summed E-state index contributed by atoms with van der Waals surface area (Å²) in [7, 11) is 1.93. The Hall–Kier alpha value is -1.81. The highest BCUT2D eigenvalue weighted by Crippen LogP contribution is 2.21. The van der Waals surface area contributed by atoms with Crippen molar-refractivity contribution in [3.05, 3.63) is 47.3 Å². The first-order valence-corrected chi connectivity index (χ1v) is 6.13. The number of nitrogens with one attached hydrogen (secondary N) is 1. The van der Waals surface area contributed by atoms with Gasteiger partial charge in [-0.2, -0.15) is 5.10 Å². The largest absolute Gasteiger partial charge is 0.377 e. The highest BCUT2D eigenvalue weighted by Gasteiger charge is 2.14. The van der Waals surface area contributed by atoms with Crippen LogP contribution in [-0.4, -0.2) is 16.3 Å². The van der Waals surface area contributed by atoms with Crippen molar-refractivity contribution in [2.75, 3.05) is 11.9 Å². The van der Waals surface area contributed by atoms with Gasteiger partial charge in [0.1, 0.15) is 0 Å². The van der Waals surface area contributed by atoms with Gasteiger partial charge < -0.3 is 11.1 Å². The van der Waals surface area contributed by atoms with E-state index in [0.29, 0.717) is 6.54 Å². The lowest BCUT2D eigenvalue weighted by molar-refractivity contribution is 0.754. The highest BCUT2D eigenvalue weighted by molar-refractivity contribution is 5.47. The molecule has 1 aromatic heterocycles. The molecule has 2 aromatic rings. The molecule has 96 valence electrons. The van der Waals surface area contributed by atoms with Crippen LogP contribution in [0.15, 0.2) is 30.5 Å². The number of aromatic nitrogens is 2. The minimum absolute atomic E-state index is 0.0977. The van der Waals surface area contributed by atoms with Crippen LogP contribution in [0.5, 0.6) is 0 Å². The number of benzene rings is 1. The smallest absolute Gasteiger partial charge is 0.0669 e. The summed E-state index contributed by atoms with van der Waals surface area (Å²) >= 11 is 0. The van der Waals surface area contributed by atoms with Crippen LogP contribution >= 0.6 is 0 Å². The van der Waals surface area contributed by atoms with Crippen molar-refractivity contribution >= 4 is 5.69 Å². The van der Waals surface area contributed by atoms with E-state index in [9.17, 15) is 0 Å². The topological polar surface area (TPSA) is 55.9 Å². The fourth-order valence-corrected chi connectivity index (χ4v) is 2.16. The molecule has 0 saturated heterocycles. The summed E-state index contributed by atoms with van der Waals surface area (Å²) in [6.45, 7) is 4.63. The summed E-state index contributed by atoms with van der Waals surface area (Å²) in [6.07, 6.45) is 2.02. The molecule has 4 heteroatoms. The van der Waals surface area contributed by atoms with Crippen molar-refractivity contribution in [3.8, 4) is 0 Å². The van der Waals surface area contributed by atoms with Gasteiger partial charge in [-0.1, -0.05) is 12.1 Å². The summed E-state index contributed by atoms with van der Waals surface area (Å²) in [4.78, 5) is 0. The fourth-order valence-electron chi connectivity index (χ4n) is 2.16. The molecule has 0 aliphatic carbocycles. The average Bonchev–Trinajstić information content (AvgIpc) is 2.65. The SMILES string of the molecule is Cc1cccc(NC(CN)c2cn(C)nc2C)c1. The molecule has 0 bridgehead atoms. The molecular weight excluding hydrogens is 224 g/mol. The molecule has 3 N–H and O–H groups in total. The monoisotopic (exact) mass is 244 g/mol. The van der Waals surface area contributed by atoms with Crippen LogP contribution in [0, 0.1) is 13.8 Å². The Morgan fingerprint density at radius 2 is 2.17 bits per heavy atom. The molecule has 0 amide bonds. The summed E-state index contributed by atoms with van der Waals surface area (Å²) in [6, 6.07) is 8.40. The Bertz CT molecular complexity index is 530. The van der Waals surface area contributed by atoms with E-state index >= 15 is 0 Å². The molecule has 0 aliphatic heterocycles. The van der Waals surface area contributed by atoms with Crippen LogP contribution in [0.4, 0.5) is 5.69 Å². The van der Waals surface area contributed by atoms with E-state index in [0.717, 1.165) is 16.9 Å². The average molecular weight is 244 g/mol. The minimum Gasteiger partial charge on any atom is -0.377 e. The Labute approximate surface area is 108 Å². The third-order valence-electron chi connectivity index (χ3n) is 3.02. The van der Waals surface area contributed by atoms with Gasteiger partial charge in [0.25, 0.3) is 0 Å². The van der Waals surface area contributed by atoms with Gasteiger partial charge in [-0.3, -0.25) is 4.68 Å². The molecule has 18 heavy (non-hydrogen) atoms. The lowest BCUT2D eigenvalue weighted by Crippen LogP contribution is -2.21. The van der Waals surface area contributed by atoms with Crippen molar-refractivity contribution in [2.45, 2.75) is 19.9 Å². The van der Waals surface area contributed by atoms with Crippen LogP contribution < -0.4 is 11.1 Å². The first kappa shape index (κ1) is 12.6. The zero-order chi connectivity index (χ0) is 13.1. The van der Waals surface area contributed by atoms with E-state index in [2.05, 4.69) is 35.5 Å². The quantitative estimate of drug-likeness (QED) is 0.866. The van der Waals surface area contributed by atoms with E-state index in [1.54, 1.807) is 0 Å². The van der Waals surface area contributed by atoms with Crippen LogP contribution in [0.2, 0.25) is 0 Å². The second-order valence-electron chi connectivity index (χ2n) is 4.65. The second-order valence-corrected chi connectivity index (χ2v) is 4.65. The summed E-state index contributed by atoms with van der Waals surface area (Å²) in [5, 5.41) is 7.82. The number of anilines is 1. The molecule has 0 radical (unpaired) electrons. The molecule has 1 aromatic carbocycles. The highest BCUT2D eigenvalue weighted by atomic mass is 15.3. The third kappa shape index (κ3) is 2.71. The van der Waals surface area contributed by atoms with Gasteiger partial charge >= 0.3 is 0 Å². The van der Waals surface area contributed by atoms with Gasteiger partial charge in [-0.25, -0.2) is 0 Å². The standard InChI is InChI=1S/C14H20N4/c1-10-5-4-6-12(7-10)16-14(8-15)13-9-18(3)17-11(13)2/h4-7,9,14,16H,8,15H2,1-3H3. The van der Waals surface area contributed by atoms with Crippen LogP contribution in [0.1, 0.15) is 22.9 Å². The van der Waals surface area contributed by atoms with E-state index in [1.165, 1.54) is 5.56 Å². The zero-order valence-corrected chi connectivity index (χ0v) is 11.1. The van der Waals surface area contributed by atoms with Crippen LogP contribution in [-0.2, 0) is 7.05 Å². The molecule has 0 saturated carbocycles. The first-order chi connectivity index (χ1) is 8.60. The van der Waals surface area contributed by atoms with E-state index in [1.807, 2.05) is 30.9 Å². The number of hydrogen-bond acceptors (Lipinski definition) is 3. The predicted molar refractivity (Wildman–Crippen MR) is 74.5 cm³/mol. The summed E-state index contributed by atoms with van der Waals surface area (Å²) in [5.74, 6) is 0. The minimum atomic E-state index is 0.0977. The molecule has 4 nitrogen and oxygen atoms in total. The predicted octanol–water partition coefficient (Wildman–Crippen LogP) is 2.15. The molecule has 2 rings (SSSR count). The van der Waals surface area contributed by atoms with Gasteiger partial charge in [0.05, 0.1) is 11.7 Å². The Kier molecular flexibility index (Phi) is 3.67. The van der Waals surface area contributed by atoms with E-state index < -0.39 is 0 Å². The fraction of sp³-hybridized carbons (Fsp3) is 0.357. The number of aryl methyl sites for hydroxylation is 3. The lowest BCUT2D eigenvalue weighted by atomic mass is 10.1. The van der Waals surface area contributed by atoms with E-state index in [4.69, 9.17) is 5.73 Å². The van der Waals surface area contributed by atoms with Crippen molar-refractivity contribution in [2.24, 2.45) is 12.8 Å². The Balaban J connectivity index is 2.22. The number of rotatable bonds is 4. The molecule has 1 atom stereocenters. The molecule has 0 aliphatic rings. The lowest BCUT2D eigenvalue weighted by Gasteiger charge is -2.18. The normalized spacial score (nSPS) is 12.4. The number of hydrogen-bond donors (Lipinski definition) is 2. The first-order valence-electron chi connectivity index (χ1n) is 6.13. The Morgan fingerprint density at radius 1 is 1.39 bits per heavy atom. The molecule has 0 spiro atoms. The third-order valence-corrected chi connectivity index (χ3v) is 3.02. The maximum absolute atomic E-state index is 5.87. The van der Waals surface area contributed by atoms with E-state index in [-0.39, 0.29) is 6.04 Å². The van der Waals surface area contributed by atoms with Gasteiger partial charge in [0.2, 0.25) is 0 Å². The molecular formula is C14H20N4. The van der Waals surface area contributed by atoms with Crippen molar-refractivity contribution in [1.29, 1.82) is 0 Å². The van der Waals surface area contributed by atoms with Gasteiger partial charge in [0.15, 0.2) is 0 Å². The van der Waals surface area contributed by atoms with Gasteiger partial charge in [-0.15, -0.1) is 0 Å². The summed E-state index contributed by atoms with van der Waals surface area (Å²) < 4.78 is 1.82. The molecule has 1 heterocycles. The van der Waals surface area contributed by atoms with Crippen molar-refractivity contribution in [3.63, 3.8) is 0 Å².